The highest BCUT2D eigenvalue weighted by Crippen LogP contribution is 2.31. The van der Waals surface area contributed by atoms with E-state index < -0.39 is 0 Å². The lowest BCUT2D eigenvalue weighted by molar-refractivity contribution is 0.198. The van der Waals surface area contributed by atoms with Crippen LogP contribution in [0.5, 0.6) is 5.75 Å². The summed E-state index contributed by atoms with van der Waals surface area (Å²) in [5.41, 5.74) is 3.59. The highest BCUT2D eigenvalue weighted by Gasteiger charge is 2.21. The van der Waals surface area contributed by atoms with E-state index in [-0.39, 0.29) is 5.90 Å². The van der Waals surface area contributed by atoms with Crippen LogP contribution in [-0.2, 0) is 4.74 Å². The molecule has 4 aromatic rings. The number of fused-ring (bicyclic) bond motifs is 2. The van der Waals surface area contributed by atoms with Gasteiger partial charge in [-0.05, 0) is 80.5 Å². The zero-order valence-corrected chi connectivity index (χ0v) is 18.5. The Balaban J connectivity index is 1.41. The van der Waals surface area contributed by atoms with Gasteiger partial charge in [-0.25, -0.2) is 0 Å². The Morgan fingerprint density at radius 3 is 2.78 bits per heavy atom. The lowest BCUT2D eigenvalue weighted by atomic mass is 10.0. The van der Waals surface area contributed by atoms with Crippen LogP contribution in [-0.4, -0.2) is 53.8 Å². The molecule has 0 aliphatic carbocycles. The number of ether oxygens (including phenoxy) is 2. The van der Waals surface area contributed by atoms with Crippen molar-refractivity contribution < 1.29 is 9.47 Å². The van der Waals surface area contributed by atoms with E-state index >= 15 is 0 Å². The molecule has 0 amide bonds. The van der Waals surface area contributed by atoms with E-state index in [1.54, 1.807) is 0 Å². The largest absolute Gasteiger partial charge is 0.492 e. The fraction of sp³-hybridized carbons (Fsp3) is 0.308. The molecular formula is C26H28N4O2. The molecule has 0 bridgehead atoms. The predicted octanol–water partition coefficient (Wildman–Crippen LogP) is 5.22. The maximum atomic E-state index is 8.09. The number of hydrogen-bond donors (Lipinski definition) is 2. The van der Waals surface area contributed by atoms with Crippen LogP contribution in [0.4, 0.5) is 0 Å². The third-order valence-electron chi connectivity index (χ3n) is 6.31. The van der Waals surface area contributed by atoms with Gasteiger partial charge in [0, 0.05) is 22.6 Å². The van der Waals surface area contributed by atoms with Gasteiger partial charge in [-0.15, -0.1) is 0 Å². The molecule has 1 aliphatic heterocycles. The number of aromatic nitrogens is 2. The second-order valence-electron chi connectivity index (χ2n) is 8.41. The van der Waals surface area contributed by atoms with Gasteiger partial charge >= 0.3 is 0 Å². The third kappa shape index (κ3) is 3.94. The fourth-order valence-electron chi connectivity index (χ4n) is 4.45. The molecule has 2 heterocycles. The van der Waals surface area contributed by atoms with Crippen LogP contribution in [0, 0.1) is 5.41 Å². The van der Waals surface area contributed by atoms with Crippen molar-refractivity contribution in [1.29, 1.82) is 5.41 Å². The van der Waals surface area contributed by atoms with Crippen LogP contribution < -0.4 is 4.74 Å². The highest BCUT2D eigenvalue weighted by molar-refractivity contribution is 6.01. The molecule has 164 valence electrons. The topological polar surface area (TPSA) is 74.2 Å². The van der Waals surface area contributed by atoms with Crippen molar-refractivity contribution in [3.63, 3.8) is 0 Å². The average molecular weight is 429 g/mol. The maximum Gasteiger partial charge on any atom is 0.213 e. The van der Waals surface area contributed by atoms with Gasteiger partial charge in [0.05, 0.1) is 17.8 Å². The van der Waals surface area contributed by atoms with E-state index in [2.05, 4.69) is 52.5 Å². The molecule has 0 spiro atoms. The monoisotopic (exact) mass is 428 g/mol. The zero-order chi connectivity index (χ0) is 22.1. The van der Waals surface area contributed by atoms with Crippen LogP contribution in [0.1, 0.15) is 25.3 Å². The second-order valence-corrected chi connectivity index (χ2v) is 8.41. The number of likely N-dealkylation sites (N-methyl/N-ethyl adjacent to an activating group) is 1. The van der Waals surface area contributed by atoms with Crippen molar-refractivity contribution in [2.75, 3.05) is 26.8 Å². The molecule has 1 fully saturated rings. The summed E-state index contributed by atoms with van der Waals surface area (Å²) in [6.07, 6.45) is 2.46. The Bertz CT molecular complexity index is 1280. The van der Waals surface area contributed by atoms with E-state index in [0.717, 1.165) is 57.4 Å². The van der Waals surface area contributed by atoms with E-state index in [1.165, 1.54) is 12.8 Å². The molecule has 6 nitrogen and oxygen atoms in total. The van der Waals surface area contributed by atoms with Gasteiger partial charge in [-0.3, -0.25) is 10.5 Å². The van der Waals surface area contributed by atoms with Crippen LogP contribution in [0.25, 0.3) is 32.9 Å². The Labute approximate surface area is 187 Å². The summed E-state index contributed by atoms with van der Waals surface area (Å²) in [6, 6.07) is 18.9. The molecule has 6 heteroatoms. The van der Waals surface area contributed by atoms with Crippen molar-refractivity contribution in [3.05, 3.63) is 60.2 Å². The number of aromatic amines is 1. The summed E-state index contributed by atoms with van der Waals surface area (Å²) >= 11 is 0. The minimum atomic E-state index is 0.177. The summed E-state index contributed by atoms with van der Waals surface area (Å²) in [7, 11) is 2.17. The molecular weight excluding hydrogens is 400 g/mol. The second kappa shape index (κ2) is 8.63. The van der Waals surface area contributed by atoms with Crippen molar-refractivity contribution >= 4 is 27.6 Å². The van der Waals surface area contributed by atoms with Crippen molar-refractivity contribution in [2.45, 2.75) is 25.8 Å². The van der Waals surface area contributed by atoms with Gasteiger partial charge < -0.3 is 14.4 Å². The van der Waals surface area contributed by atoms with Crippen LogP contribution >= 0.6 is 0 Å². The molecule has 0 saturated carbocycles. The third-order valence-corrected chi connectivity index (χ3v) is 6.31. The molecule has 1 atom stereocenters. The van der Waals surface area contributed by atoms with Gasteiger partial charge in [0.15, 0.2) is 0 Å². The van der Waals surface area contributed by atoms with E-state index in [9.17, 15) is 0 Å². The number of benzene rings is 3. The Kier molecular flexibility index (Phi) is 5.53. The van der Waals surface area contributed by atoms with E-state index in [0.29, 0.717) is 12.6 Å². The number of H-pyrrole nitrogens is 1. The summed E-state index contributed by atoms with van der Waals surface area (Å²) < 4.78 is 11.5. The van der Waals surface area contributed by atoms with Gasteiger partial charge in [0.1, 0.15) is 12.4 Å². The van der Waals surface area contributed by atoms with Crippen molar-refractivity contribution in [2.24, 2.45) is 0 Å². The first-order chi connectivity index (χ1) is 15.6. The summed E-state index contributed by atoms with van der Waals surface area (Å²) in [5, 5.41) is 19.0. The maximum absolute atomic E-state index is 8.09. The Morgan fingerprint density at radius 2 is 1.97 bits per heavy atom. The van der Waals surface area contributed by atoms with Gasteiger partial charge in [0.2, 0.25) is 5.90 Å². The number of rotatable bonds is 6. The predicted molar refractivity (Wildman–Crippen MR) is 129 cm³/mol. The summed E-state index contributed by atoms with van der Waals surface area (Å²) in [5.74, 6) is 1.09. The first-order valence-electron chi connectivity index (χ1n) is 11.2. The minimum absolute atomic E-state index is 0.177. The van der Waals surface area contributed by atoms with Crippen LogP contribution in [0.3, 0.4) is 0 Å². The van der Waals surface area contributed by atoms with Gasteiger partial charge in [-0.2, -0.15) is 5.10 Å². The molecule has 1 aliphatic rings. The molecule has 5 rings (SSSR count). The van der Waals surface area contributed by atoms with Gasteiger partial charge in [-0.1, -0.05) is 18.2 Å². The fourth-order valence-corrected chi connectivity index (χ4v) is 4.45. The first-order valence-corrected chi connectivity index (χ1v) is 11.2. The first kappa shape index (κ1) is 20.5. The highest BCUT2D eigenvalue weighted by atomic mass is 16.5. The SMILES string of the molecule is CCOC(=N)c1ccc2[nH]nc(-c3ccc4cc(OC[C@H]5CCCN5C)ccc4c3)c2c1. The lowest BCUT2D eigenvalue weighted by Crippen LogP contribution is -2.30. The minimum Gasteiger partial charge on any atom is -0.492 e. The number of nitrogens with zero attached hydrogens (tertiary/aromatic N) is 2. The number of hydrogen-bond acceptors (Lipinski definition) is 5. The van der Waals surface area contributed by atoms with Crippen molar-refractivity contribution in [1.82, 2.24) is 15.1 Å². The standard InChI is InChI=1S/C26H28N4O2/c1-3-31-26(27)20-9-11-24-23(15-20)25(29-28-24)19-7-6-18-14-22(10-8-17(18)13-19)32-16-21-5-4-12-30(21)2/h6-11,13-15,21,27H,3-5,12,16H2,1-2H3,(H,28,29)/t21-/m1/s1. The van der Waals surface area contributed by atoms with Gasteiger partial charge in [0.25, 0.3) is 0 Å². The molecule has 1 saturated heterocycles. The summed E-state index contributed by atoms with van der Waals surface area (Å²) in [4.78, 5) is 2.38. The number of likely N-dealkylation sites (tertiary alicyclic amines) is 1. The molecule has 0 radical (unpaired) electrons. The van der Waals surface area contributed by atoms with Crippen LogP contribution in [0.15, 0.2) is 54.6 Å². The Hall–Kier alpha value is -3.38. The zero-order valence-electron chi connectivity index (χ0n) is 18.5. The smallest absolute Gasteiger partial charge is 0.213 e. The van der Waals surface area contributed by atoms with Crippen molar-refractivity contribution in [3.8, 4) is 17.0 Å². The molecule has 3 aromatic carbocycles. The molecule has 0 unspecified atom stereocenters. The quantitative estimate of drug-likeness (QED) is 0.326. The molecule has 1 aromatic heterocycles. The normalized spacial score (nSPS) is 16.6. The van der Waals surface area contributed by atoms with E-state index in [4.69, 9.17) is 14.9 Å². The average Bonchev–Trinajstić information content (AvgIpc) is 3.42. The molecule has 32 heavy (non-hydrogen) atoms. The Morgan fingerprint density at radius 1 is 1.12 bits per heavy atom. The molecule has 2 N–H and O–H groups in total. The number of nitrogens with one attached hydrogen (secondary N) is 2. The lowest BCUT2D eigenvalue weighted by Gasteiger charge is -2.19. The van der Waals surface area contributed by atoms with Crippen LogP contribution in [0.2, 0.25) is 0 Å². The summed E-state index contributed by atoms with van der Waals surface area (Å²) in [6.45, 7) is 4.25. The van der Waals surface area contributed by atoms with E-state index in [1.807, 2.05) is 31.2 Å².